The number of hydrogen-bond acceptors (Lipinski definition) is 6. The minimum Gasteiger partial charge on any atom is -0.506 e. The Morgan fingerprint density at radius 2 is 1.87 bits per heavy atom. The van der Waals surface area contributed by atoms with Gasteiger partial charge >= 0.3 is 0 Å². The second-order valence-electron chi connectivity index (χ2n) is 7.49. The van der Waals surface area contributed by atoms with E-state index in [1.807, 2.05) is 24.3 Å². The Morgan fingerprint density at radius 3 is 2.68 bits per heavy atom. The van der Waals surface area contributed by atoms with Crippen LogP contribution in [0.4, 0.5) is 5.69 Å². The number of nitrogens with zero attached hydrogens (tertiary/aromatic N) is 1. The SMILES string of the molecule is O=C(Nc1cc(S(=O)(=O)N2CCCC2)ccc1O)c1cc2c(s1)-c1ccccc1OC2. The predicted molar refractivity (Wildman–Crippen MR) is 118 cm³/mol. The first-order valence-electron chi connectivity index (χ1n) is 9.93. The molecular formula is C22H20N2O5S2. The average Bonchev–Trinajstić information content (AvgIpc) is 3.45. The highest BCUT2D eigenvalue weighted by atomic mass is 32.2. The van der Waals surface area contributed by atoms with E-state index in [9.17, 15) is 18.3 Å². The molecule has 1 aromatic heterocycles. The number of fused-ring (bicyclic) bond motifs is 3. The third-order valence-corrected chi connectivity index (χ3v) is 8.57. The molecule has 1 saturated heterocycles. The molecule has 2 N–H and O–H groups in total. The molecule has 0 spiro atoms. The number of hydrogen-bond donors (Lipinski definition) is 2. The Balaban J connectivity index is 1.42. The molecule has 0 aliphatic carbocycles. The molecule has 1 amide bonds. The molecule has 160 valence electrons. The van der Waals surface area contributed by atoms with Crippen LogP contribution in [-0.4, -0.2) is 36.8 Å². The molecule has 5 rings (SSSR count). The molecule has 2 aliphatic heterocycles. The van der Waals surface area contributed by atoms with Crippen molar-refractivity contribution in [2.75, 3.05) is 18.4 Å². The van der Waals surface area contributed by atoms with Gasteiger partial charge in [-0.05, 0) is 49.2 Å². The Kier molecular flexibility index (Phi) is 4.96. The minimum absolute atomic E-state index is 0.0512. The van der Waals surface area contributed by atoms with Crippen molar-refractivity contribution in [3.8, 4) is 21.9 Å². The van der Waals surface area contributed by atoms with E-state index in [1.54, 1.807) is 6.07 Å². The van der Waals surface area contributed by atoms with Gasteiger partial charge in [-0.25, -0.2) is 8.42 Å². The second kappa shape index (κ2) is 7.67. The molecule has 9 heteroatoms. The van der Waals surface area contributed by atoms with Gasteiger partial charge in [0, 0.05) is 29.1 Å². The number of aromatic hydroxyl groups is 1. The van der Waals surface area contributed by atoms with Crippen molar-refractivity contribution in [2.24, 2.45) is 0 Å². The van der Waals surface area contributed by atoms with Crippen LogP contribution in [0.25, 0.3) is 10.4 Å². The number of carbonyl (C=O) groups excluding carboxylic acids is 1. The predicted octanol–water partition coefficient (Wildman–Crippen LogP) is 4.05. The Morgan fingerprint density at radius 1 is 1.10 bits per heavy atom. The van der Waals surface area contributed by atoms with Crippen molar-refractivity contribution in [1.82, 2.24) is 4.31 Å². The summed E-state index contributed by atoms with van der Waals surface area (Å²) in [5.74, 6) is 0.174. The Bertz CT molecular complexity index is 1280. The average molecular weight is 457 g/mol. The lowest BCUT2D eigenvalue weighted by molar-refractivity contribution is 0.103. The standard InChI is InChI=1S/C22H20N2O5S2/c25-18-8-7-15(31(27,28)24-9-3-4-10-24)12-17(18)23-22(26)20-11-14-13-29-19-6-2-1-5-16(19)21(14)30-20/h1-2,5-8,11-12,25H,3-4,9-10,13H2,(H,23,26). The van der Waals surface area contributed by atoms with Gasteiger partial charge in [-0.3, -0.25) is 4.79 Å². The van der Waals surface area contributed by atoms with Crippen molar-refractivity contribution in [3.05, 3.63) is 59.0 Å². The fourth-order valence-corrected chi connectivity index (χ4v) is 6.48. The van der Waals surface area contributed by atoms with E-state index < -0.39 is 15.9 Å². The van der Waals surface area contributed by atoms with Crippen molar-refractivity contribution in [1.29, 1.82) is 0 Å². The summed E-state index contributed by atoms with van der Waals surface area (Å²) >= 11 is 1.34. The third kappa shape index (κ3) is 3.58. The lowest BCUT2D eigenvalue weighted by Crippen LogP contribution is -2.27. The largest absolute Gasteiger partial charge is 0.506 e. The normalized spacial score (nSPS) is 15.7. The van der Waals surface area contributed by atoms with E-state index in [0.29, 0.717) is 24.6 Å². The summed E-state index contributed by atoms with van der Waals surface area (Å²) in [6.45, 7) is 1.34. The maximum atomic E-state index is 12.9. The van der Waals surface area contributed by atoms with Crippen LogP contribution >= 0.6 is 11.3 Å². The number of anilines is 1. The number of phenolic OH excluding ortho intramolecular Hbond substituents is 1. The maximum absolute atomic E-state index is 12.9. The topological polar surface area (TPSA) is 95.9 Å². The van der Waals surface area contributed by atoms with Gasteiger partial charge in [0.15, 0.2) is 0 Å². The smallest absolute Gasteiger partial charge is 0.265 e. The van der Waals surface area contributed by atoms with E-state index >= 15 is 0 Å². The van der Waals surface area contributed by atoms with E-state index in [4.69, 9.17) is 4.74 Å². The van der Waals surface area contributed by atoms with Crippen LogP contribution in [0, 0.1) is 0 Å². The highest BCUT2D eigenvalue weighted by molar-refractivity contribution is 7.89. The fourth-order valence-electron chi connectivity index (χ4n) is 3.85. The summed E-state index contributed by atoms with van der Waals surface area (Å²) in [5.41, 5.74) is 1.92. The molecule has 3 heterocycles. The number of thiophene rings is 1. The third-order valence-electron chi connectivity index (χ3n) is 5.47. The van der Waals surface area contributed by atoms with Crippen LogP contribution < -0.4 is 10.1 Å². The number of para-hydroxylation sites is 1. The van der Waals surface area contributed by atoms with Crippen LogP contribution in [0.5, 0.6) is 11.5 Å². The number of benzene rings is 2. The van der Waals surface area contributed by atoms with Gasteiger partial charge in [0.1, 0.15) is 18.1 Å². The van der Waals surface area contributed by atoms with Crippen LogP contribution in [-0.2, 0) is 16.6 Å². The number of ether oxygens (including phenoxy) is 1. The highest BCUT2D eigenvalue weighted by Gasteiger charge is 2.28. The second-order valence-corrected chi connectivity index (χ2v) is 10.5. The molecule has 0 saturated carbocycles. The Labute approximate surface area is 184 Å². The summed E-state index contributed by atoms with van der Waals surface area (Å²) in [6.07, 6.45) is 1.66. The first-order valence-corrected chi connectivity index (χ1v) is 12.2. The van der Waals surface area contributed by atoms with Crippen LogP contribution in [0.15, 0.2) is 53.4 Å². The number of sulfonamides is 1. The van der Waals surface area contributed by atoms with E-state index in [0.717, 1.165) is 34.6 Å². The molecule has 31 heavy (non-hydrogen) atoms. The van der Waals surface area contributed by atoms with E-state index in [-0.39, 0.29) is 16.3 Å². The van der Waals surface area contributed by atoms with Crippen LogP contribution in [0.3, 0.4) is 0 Å². The van der Waals surface area contributed by atoms with E-state index in [2.05, 4.69) is 5.32 Å². The van der Waals surface area contributed by atoms with Gasteiger partial charge in [0.25, 0.3) is 5.91 Å². The quantitative estimate of drug-likeness (QED) is 0.578. The van der Waals surface area contributed by atoms with Crippen LogP contribution in [0.2, 0.25) is 0 Å². The zero-order valence-electron chi connectivity index (χ0n) is 16.5. The van der Waals surface area contributed by atoms with Crippen LogP contribution in [0.1, 0.15) is 28.1 Å². The van der Waals surface area contributed by atoms with Crippen molar-refractivity contribution in [2.45, 2.75) is 24.3 Å². The summed E-state index contributed by atoms with van der Waals surface area (Å²) in [4.78, 5) is 14.4. The number of phenols is 1. The first kappa shape index (κ1) is 20.0. The van der Waals surface area contributed by atoms with Crippen molar-refractivity contribution in [3.63, 3.8) is 0 Å². The molecule has 0 unspecified atom stereocenters. The summed E-state index contributed by atoms with van der Waals surface area (Å²) in [5, 5.41) is 12.9. The summed E-state index contributed by atoms with van der Waals surface area (Å²) in [7, 11) is -3.66. The zero-order valence-corrected chi connectivity index (χ0v) is 18.1. The molecule has 0 bridgehead atoms. The molecule has 3 aromatic rings. The molecule has 0 atom stereocenters. The molecule has 2 aromatic carbocycles. The van der Waals surface area contributed by atoms with Gasteiger partial charge in [-0.15, -0.1) is 11.3 Å². The summed E-state index contributed by atoms with van der Waals surface area (Å²) < 4.78 is 32.8. The van der Waals surface area contributed by atoms with Crippen molar-refractivity contribution >= 4 is 33.0 Å². The summed E-state index contributed by atoms with van der Waals surface area (Å²) in [6, 6.07) is 13.4. The van der Waals surface area contributed by atoms with Gasteiger partial charge in [-0.2, -0.15) is 4.31 Å². The Hall–Kier alpha value is -2.88. The monoisotopic (exact) mass is 456 g/mol. The maximum Gasteiger partial charge on any atom is 0.265 e. The number of rotatable bonds is 4. The molecule has 7 nitrogen and oxygen atoms in total. The minimum atomic E-state index is -3.66. The molecule has 0 radical (unpaired) electrons. The van der Waals surface area contributed by atoms with Gasteiger partial charge in [0.05, 0.1) is 15.5 Å². The van der Waals surface area contributed by atoms with Crippen molar-refractivity contribution < 1.29 is 23.1 Å². The van der Waals surface area contributed by atoms with Gasteiger partial charge < -0.3 is 15.2 Å². The molecule has 1 fully saturated rings. The highest BCUT2D eigenvalue weighted by Crippen LogP contribution is 2.42. The van der Waals surface area contributed by atoms with E-state index in [1.165, 1.54) is 33.8 Å². The lowest BCUT2D eigenvalue weighted by Gasteiger charge is -2.16. The lowest BCUT2D eigenvalue weighted by atomic mass is 10.1. The number of nitrogens with one attached hydrogen (secondary N) is 1. The molecular weight excluding hydrogens is 436 g/mol. The fraction of sp³-hybridized carbons (Fsp3) is 0.227. The number of carbonyl (C=O) groups is 1. The van der Waals surface area contributed by atoms with Gasteiger partial charge in [-0.1, -0.05) is 12.1 Å². The zero-order chi connectivity index (χ0) is 21.6. The van der Waals surface area contributed by atoms with Gasteiger partial charge in [0.2, 0.25) is 10.0 Å². The molecule has 2 aliphatic rings. The first-order chi connectivity index (χ1) is 14.9. The number of amides is 1.